The minimum atomic E-state index is 1.02. The number of rotatable bonds is 0. The molecule has 16 heavy (non-hydrogen) atoms. The molecule has 3 rings (SSSR count). The van der Waals surface area contributed by atoms with Gasteiger partial charge in [0.2, 0.25) is 0 Å². The summed E-state index contributed by atoms with van der Waals surface area (Å²) in [5.74, 6) is 0. The summed E-state index contributed by atoms with van der Waals surface area (Å²) < 4.78 is 0. The Morgan fingerprint density at radius 1 is 0.938 bits per heavy atom. The van der Waals surface area contributed by atoms with Crippen LogP contribution in [0.25, 0.3) is 10.8 Å². The van der Waals surface area contributed by atoms with E-state index in [0.29, 0.717) is 0 Å². The maximum absolute atomic E-state index is 6.31. The molecule has 0 bridgehead atoms. The topological polar surface area (TPSA) is 26.0 Å². The molecular formula is C15H17N. The van der Waals surface area contributed by atoms with Gasteiger partial charge in [-0.2, -0.15) is 0 Å². The number of hydrogen-bond acceptors (Lipinski definition) is 1. The molecule has 0 heterocycles. The molecule has 1 heteroatoms. The average Bonchev–Trinajstić information content (AvgIpc) is 2.36. The normalized spacial score (nSPS) is 15.1. The lowest BCUT2D eigenvalue weighted by Crippen LogP contribution is -2.09. The number of nitrogens with two attached hydrogens (primary N) is 1. The van der Waals surface area contributed by atoms with Gasteiger partial charge in [-0.3, -0.25) is 0 Å². The first-order valence-electron chi connectivity index (χ1n) is 6.07. The van der Waals surface area contributed by atoms with Crippen LogP contribution in [0.5, 0.6) is 0 Å². The average molecular weight is 211 g/mol. The molecule has 0 amide bonds. The molecule has 0 saturated heterocycles. The Labute approximate surface area is 96.3 Å². The van der Waals surface area contributed by atoms with E-state index in [1.807, 2.05) is 0 Å². The molecule has 1 aliphatic rings. The van der Waals surface area contributed by atoms with Crippen molar-refractivity contribution in [3.63, 3.8) is 0 Å². The zero-order chi connectivity index (χ0) is 11.1. The Morgan fingerprint density at radius 2 is 1.56 bits per heavy atom. The highest BCUT2D eigenvalue weighted by Crippen LogP contribution is 2.36. The molecule has 2 aromatic rings. The minimum Gasteiger partial charge on any atom is -0.398 e. The number of nitrogen functional groups attached to an aromatic ring is 1. The van der Waals surface area contributed by atoms with Gasteiger partial charge < -0.3 is 5.73 Å². The van der Waals surface area contributed by atoms with Crippen LogP contribution in [0, 0.1) is 6.92 Å². The predicted molar refractivity (Wildman–Crippen MR) is 69.7 cm³/mol. The fourth-order valence-electron chi connectivity index (χ4n) is 2.99. The van der Waals surface area contributed by atoms with Gasteiger partial charge in [0.15, 0.2) is 0 Å². The fraction of sp³-hybridized carbons (Fsp3) is 0.333. The van der Waals surface area contributed by atoms with Crippen molar-refractivity contribution in [3.05, 3.63) is 41.0 Å². The summed E-state index contributed by atoms with van der Waals surface area (Å²) in [6.45, 7) is 2.24. The molecule has 2 aromatic carbocycles. The van der Waals surface area contributed by atoms with Crippen LogP contribution >= 0.6 is 0 Å². The highest BCUT2D eigenvalue weighted by atomic mass is 14.6. The van der Waals surface area contributed by atoms with Crippen LogP contribution in [0.15, 0.2) is 24.3 Å². The Hall–Kier alpha value is -1.50. The van der Waals surface area contributed by atoms with Crippen LogP contribution in [0.3, 0.4) is 0 Å². The number of fused-ring (bicyclic) bond motifs is 2. The van der Waals surface area contributed by atoms with Gasteiger partial charge in [-0.05, 0) is 54.7 Å². The molecule has 0 radical (unpaired) electrons. The lowest BCUT2D eigenvalue weighted by molar-refractivity contribution is 0.685. The highest BCUT2D eigenvalue weighted by molar-refractivity contribution is 5.97. The van der Waals surface area contributed by atoms with Crippen LogP contribution in [0.1, 0.15) is 29.5 Å². The SMILES string of the molecule is Cc1c2c(c(N)c3ccccc13)CCCC2. The van der Waals surface area contributed by atoms with E-state index in [1.54, 1.807) is 0 Å². The first-order valence-corrected chi connectivity index (χ1v) is 6.07. The highest BCUT2D eigenvalue weighted by Gasteiger charge is 2.17. The van der Waals surface area contributed by atoms with Crippen LogP contribution in [0.2, 0.25) is 0 Å². The Morgan fingerprint density at radius 3 is 2.31 bits per heavy atom. The molecule has 0 unspecified atom stereocenters. The van der Waals surface area contributed by atoms with Gasteiger partial charge >= 0.3 is 0 Å². The van der Waals surface area contributed by atoms with E-state index in [0.717, 1.165) is 12.1 Å². The zero-order valence-electron chi connectivity index (χ0n) is 9.72. The van der Waals surface area contributed by atoms with Gasteiger partial charge in [0.05, 0.1) is 0 Å². The predicted octanol–water partition coefficient (Wildman–Crippen LogP) is 3.61. The Kier molecular flexibility index (Phi) is 2.13. The van der Waals surface area contributed by atoms with Gasteiger partial charge in [-0.25, -0.2) is 0 Å². The van der Waals surface area contributed by atoms with E-state index in [-0.39, 0.29) is 0 Å². The number of aryl methyl sites for hydroxylation is 1. The Bertz CT molecular complexity index is 504. The van der Waals surface area contributed by atoms with Crippen molar-refractivity contribution in [2.24, 2.45) is 0 Å². The van der Waals surface area contributed by atoms with Crippen molar-refractivity contribution in [1.29, 1.82) is 0 Å². The second-order valence-electron chi connectivity index (χ2n) is 4.75. The summed E-state index contributed by atoms with van der Waals surface area (Å²) in [6.07, 6.45) is 4.96. The maximum Gasteiger partial charge on any atom is 0.0429 e. The van der Waals surface area contributed by atoms with Crippen LogP contribution < -0.4 is 5.73 Å². The third-order valence-corrected chi connectivity index (χ3v) is 3.87. The van der Waals surface area contributed by atoms with Crippen LogP contribution in [0.4, 0.5) is 5.69 Å². The van der Waals surface area contributed by atoms with Crippen LogP contribution in [-0.4, -0.2) is 0 Å². The lowest BCUT2D eigenvalue weighted by atomic mass is 9.84. The molecule has 2 N–H and O–H groups in total. The second-order valence-corrected chi connectivity index (χ2v) is 4.75. The van der Waals surface area contributed by atoms with E-state index < -0.39 is 0 Å². The summed E-state index contributed by atoms with van der Waals surface area (Å²) in [5.41, 5.74) is 11.7. The van der Waals surface area contributed by atoms with Crippen molar-refractivity contribution in [3.8, 4) is 0 Å². The summed E-state index contributed by atoms with van der Waals surface area (Å²) in [5, 5.41) is 2.57. The van der Waals surface area contributed by atoms with E-state index in [2.05, 4.69) is 31.2 Å². The van der Waals surface area contributed by atoms with E-state index in [9.17, 15) is 0 Å². The van der Waals surface area contributed by atoms with Gasteiger partial charge in [-0.15, -0.1) is 0 Å². The fourth-order valence-corrected chi connectivity index (χ4v) is 2.99. The molecule has 82 valence electrons. The van der Waals surface area contributed by atoms with Crippen LogP contribution in [-0.2, 0) is 12.8 Å². The molecule has 0 atom stereocenters. The van der Waals surface area contributed by atoms with Gasteiger partial charge in [-0.1, -0.05) is 24.3 Å². The lowest BCUT2D eigenvalue weighted by Gasteiger charge is -2.22. The van der Waals surface area contributed by atoms with Crippen molar-refractivity contribution in [2.75, 3.05) is 5.73 Å². The summed E-state index contributed by atoms with van der Waals surface area (Å²) in [6, 6.07) is 8.51. The smallest absolute Gasteiger partial charge is 0.0429 e. The number of anilines is 1. The molecule has 0 aliphatic heterocycles. The molecule has 0 fully saturated rings. The summed E-state index contributed by atoms with van der Waals surface area (Å²) >= 11 is 0. The maximum atomic E-state index is 6.31. The van der Waals surface area contributed by atoms with Gasteiger partial charge in [0.25, 0.3) is 0 Å². The van der Waals surface area contributed by atoms with Gasteiger partial charge in [0, 0.05) is 11.1 Å². The standard InChI is InChI=1S/C15H17N/c1-10-11-6-2-4-8-13(11)15(16)14-9-5-3-7-12(10)14/h2,4,6,8H,3,5,7,9,16H2,1H3. The summed E-state index contributed by atoms with van der Waals surface area (Å²) in [7, 11) is 0. The van der Waals surface area contributed by atoms with Crippen molar-refractivity contribution >= 4 is 16.5 Å². The first-order chi connectivity index (χ1) is 7.79. The molecule has 1 aliphatic carbocycles. The molecule has 0 aromatic heterocycles. The first kappa shape index (κ1) is 9.71. The van der Waals surface area contributed by atoms with Crippen molar-refractivity contribution < 1.29 is 0 Å². The minimum absolute atomic E-state index is 1.02. The van der Waals surface area contributed by atoms with E-state index >= 15 is 0 Å². The summed E-state index contributed by atoms with van der Waals surface area (Å²) in [4.78, 5) is 0. The molecule has 0 spiro atoms. The van der Waals surface area contributed by atoms with E-state index in [4.69, 9.17) is 5.73 Å². The molecular weight excluding hydrogens is 194 g/mol. The third kappa shape index (κ3) is 1.24. The molecule has 0 saturated carbocycles. The largest absolute Gasteiger partial charge is 0.398 e. The van der Waals surface area contributed by atoms with Gasteiger partial charge in [0.1, 0.15) is 0 Å². The van der Waals surface area contributed by atoms with Crippen molar-refractivity contribution in [1.82, 2.24) is 0 Å². The second kappa shape index (κ2) is 3.51. The number of hydrogen-bond donors (Lipinski definition) is 1. The monoisotopic (exact) mass is 211 g/mol. The molecule has 1 nitrogen and oxygen atoms in total. The number of benzene rings is 2. The zero-order valence-corrected chi connectivity index (χ0v) is 9.72. The quantitative estimate of drug-likeness (QED) is 0.662. The van der Waals surface area contributed by atoms with E-state index in [1.165, 1.54) is 46.7 Å². The van der Waals surface area contributed by atoms with Crippen molar-refractivity contribution in [2.45, 2.75) is 32.6 Å². The third-order valence-electron chi connectivity index (χ3n) is 3.87. The Balaban J connectivity index is 2.44.